The maximum Gasteiger partial charge on any atom is 0.414 e. The van der Waals surface area contributed by atoms with Crippen LogP contribution in [-0.2, 0) is 4.74 Å². The number of ketones is 1. The second-order valence-corrected chi connectivity index (χ2v) is 7.95. The molecule has 2 aromatic carbocycles. The zero-order chi connectivity index (χ0) is 20.9. The van der Waals surface area contributed by atoms with Crippen molar-refractivity contribution in [1.29, 1.82) is 0 Å². The maximum absolute atomic E-state index is 12.6. The van der Waals surface area contributed by atoms with Crippen LogP contribution in [0.4, 0.5) is 10.5 Å². The summed E-state index contributed by atoms with van der Waals surface area (Å²) in [5, 5.41) is 0. The number of Topliss-reactive ketones (excluding diaryl/α,β-unsaturated/α-hetero) is 1. The predicted octanol–water partition coefficient (Wildman–Crippen LogP) is 4.01. The van der Waals surface area contributed by atoms with Crippen molar-refractivity contribution >= 4 is 17.6 Å². The van der Waals surface area contributed by atoms with Crippen LogP contribution in [0.25, 0.3) is 0 Å². The molecule has 0 aromatic heterocycles. The number of cyclic esters (lactones) is 1. The van der Waals surface area contributed by atoms with E-state index in [1.165, 1.54) is 0 Å². The van der Waals surface area contributed by atoms with Gasteiger partial charge in [0.05, 0.1) is 13.7 Å². The number of hydrogen-bond donors (Lipinski definition) is 0. The summed E-state index contributed by atoms with van der Waals surface area (Å²) >= 11 is 0. The minimum absolute atomic E-state index is 0.108. The first-order chi connectivity index (χ1) is 14.6. The summed E-state index contributed by atoms with van der Waals surface area (Å²) in [5.74, 6) is 1.13. The van der Waals surface area contributed by atoms with Crippen LogP contribution in [0.3, 0.4) is 0 Å². The molecule has 30 heavy (non-hydrogen) atoms. The van der Waals surface area contributed by atoms with Gasteiger partial charge in [0.1, 0.15) is 11.9 Å². The van der Waals surface area contributed by atoms with Crippen molar-refractivity contribution in [3.63, 3.8) is 0 Å². The number of piperidine rings is 1. The van der Waals surface area contributed by atoms with Crippen LogP contribution in [0.15, 0.2) is 54.6 Å². The summed E-state index contributed by atoms with van der Waals surface area (Å²) < 4.78 is 10.7. The van der Waals surface area contributed by atoms with Crippen molar-refractivity contribution in [2.24, 2.45) is 5.92 Å². The fourth-order valence-corrected chi connectivity index (χ4v) is 4.23. The number of ether oxygens (including phenoxy) is 2. The van der Waals surface area contributed by atoms with E-state index in [1.54, 1.807) is 12.0 Å². The molecule has 0 bridgehead atoms. The number of amides is 1. The zero-order valence-corrected chi connectivity index (χ0v) is 17.3. The van der Waals surface area contributed by atoms with Crippen molar-refractivity contribution in [3.05, 3.63) is 60.2 Å². The second kappa shape index (κ2) is 9.30. The standard InChI is InChI=1S/C24H28N2O4/c1-29-21-9-7-20(8-10-21)26-17-22(30-24(26)28)13-16-25-14-11-19(12-15-25)23(27)18-5-3-2-4-6-18/h2-10,19,22H,11-17H2,1H3. The molecule has 0 radical (unpaired) electrons. The van der Waals surface area contributed by atoms with E-state index >= 15 is 0 Å². The van der Waals surface area contributed by atoms with Gasteiger partial charge in [-0.15, -0.1) is 0 Å². The van der Waals surface area contributed by atoms with Gasteiger partial charge < -0.3 is 14.4 Å². The third kappa shape index (κ3) is 4.65. The summed E-state index contributed by atoms with van der Waals surface area (Å²) in [6, 6.07) is 17.0. The smallest absolute Gasteiger partial charge is 0.414 e. The molecule has 158 valence electrons. The first-order valence-electron chi connectivity index (χ1n) is 10.6. The highest BCUT2D eigenvalue weighted by atomic mass is 16.6. The second-order valence-electron chi connectivity index (χ2n) is 7.95. The molecule has 2 aromatic rings. The van der Waals surface area contributed by atoms with Gasteiger partial charge in [-0.05, 0) is 56.6 Å². The molecule has 0 spiro atoms. The van der Waals surface area contributed by atoms with Crippen LogP contribution in [-0.4, -0.2) is 56.2 Å². The van der Waals surface area contributed by atoms with Crippen LogP contribution in [0.5, 0.6) is 5.75 Å². The van der Waals surface area contributed by atoms with E-state index in [2.05, 4.69) is 4.90 Å². The molecule has 1 unspecified atom stereocenters. The van der Waals surface area contributed by atoms with Gasteiger partial charge in [-0.3, -0.25) is 9.69 Å². The summed E-state index contributed by atoms with van der Waals surface area (Å²) in [5.41, 5.74) is 1.64. The molecule has 2 aliphatic rings. The summed E-state index contributed by atoms with van der Waals surface area (Å²) in [6.07, 6.45) is 2.17. The molecule has 6 nitrogen and oxygen atoms in total. The van der Waals surface area contributed by atoms with E-state index in [9.17, 15) is 9.59 Å². The highest BCUT2D eigenvalue weighted by Gasteiger charge is 2.33. The van der Waals surface area contributed by atoms with E-state index in [0.717, 1.165) is 55.9 Å². The van der Waals surface area contributed by atoms with Gasteiger partial charge in [0.2, 0.25) is 0 Å². The largest absolute Gasteiger partial charge is 0.497 e. The number of hydrogen-bond acceptors (Lipinski definition) is 5. The third-order valence-corrected chi connectivity index (χ3v) is 6.04. The van der Waals surface area contributed by atoms with Gasteiger partial charge >= 0.3 is 6.09 Å². The molecular weight excluding hydrogens is 380 g/mol. The molecule has 0 saturated carbocycles. The van der Waals surface area contributed by atoms with Crippen LogP contribution in [0.2, 0.25) is 0 Å². The van der Waals surface area contributed by atoms with Gasteiger partial charge in [-0.1, -0.05) is 30.3 Å². The molecule has 4 rings (SSSR count). The number of methoxy groups -OCH3 is 1. The number of nitrogens with zero attached hydrogens (tertiary/aromatic N) is 2. The first-order valence-corrected chi connectivity index (χ1v) is 10.6. The Morgan fingerprint density at radius 2 is 1.77 bits per heavy atom. The van der Waals surface area contributed by atoms with Crippen LogP contribution >= 0.6 is 0 Å². The predicted molar refractivity (Wildman–Crippen MR) is 115 cm³/mol. The Hall–Kier alpha value is -2.86. The Kier molecular flexibility index (Phi) is 6.33. The SMILES string of the molecule is COc1ccc(N2CC(CCN3CCC(C(=O)c4ccccc4)CC3)OC2=O)cc1. The molecule has 6 heteroatoms. The van der Waals surface area contributed by atoms with E-state index in [4.69, 9.17) is 9.47 Å². The minimum atomic E-state index is -0.294. The van der Waals surface area contributed by atoms with Crippen molar-refractivity contribution < 1.29 is 19.1 Å². The average molecular weight is 408 g/mol. The molecule has 2 fully saturated rings. The quantitative estimate of drug-likeness (QED) is 0.648. The number of benzene rings is 2. The van der Waals surface area contributed by atoms with Crippen molar-refractivity contribution in [3.8, 4) is 5.75 Å². The lowest BCUT2D eigenvalue weighted by atomic mass is 9.89. The zero-order valence-electron chi connectivity index (χ0n) is 17.3. The summed E-state index contributed by atoms with van der Waals surface area (Å²) in [4.78, 5) is 28.9. The lowest BCUT2D eigenvalue weighted by molar-refractivity contribution is 0.0815. The highest BCUT2D eigenvalue weighted by Crippen LogP contribution is 2.26. The number of carbonyl (C=O) groups excluding carboxylic acids is 2. The molecular formula is C24H28N2O4. The van der Waals surface area contributed by atoms with Crippen LogP contribution in [0, 0.1) is 5.92 Å². The fraction of sp³-hybridized carbons (Fsp3) is 0.417. The fourth-order valence-electron chi connectivity index (χ4n) is 4.23. The van der Waals surface area contributed by atoms with Crippen LogP contribution in [0.1, 0.15) is 29.6 Å². The molecule has 0 N–H and O–H groups in total. The van der Waals surface area contributed by atoms with E-state index in [1.807, 2.05) is 54.6 Å². The van der Waals surface area contributed by atoms with E-state index < -0.39 is 0 Å². The van der Waals surface area contributed by atoms with Crippen molar-refractivity contribution in [1.82, 2.24) is 4.90 Å². The van der Waals surface area contributed by atoms with Gasteiger partial charge in [-0.2, -0.15) is 0 Å². The van der Waals surface area contributed by atoms with Gasteiger partial charge in [0, 0.05) is 23.7 Å². The molecule has 2 heterocycles. The lowest BCUT2D eigenvalue weighted by Gasteiger charge is -2.31. The summed E-state index contributed by atoms with van der Waals surface area (Å²) in [7, 11) is 1.62. The van der Waals surface area contributed by atoms with Crippen molar-refractivity contribution in [2.45, 2.75) is 25.4 Å². The minimum Gasteiger partial charge on any atom is -0.497 e. The van der Waals surface area contributed by atoms with E-state index in [0.29, 0.717) is 6.54 Å². The van der Waals surface area contributed by atoms with Gasteiger partial charge in [-0.25, -0.2) is 4.79 Å². The monoisotopic (exact) mass is 408 g/mol. The Labute approximate surface area is 177 Å². The summed E-state index contributed by atoms with van der Waals surface area (Å²) in [6.45, 7) is 3.26. The van der Waals surface area contributed by atoms with E-state index in [-0.39, 0.29) is 23.9 Å². The highest BCUT2D eigenvalue weighted by molar-refractivity contribution is 5.97. The third-order valence-electron chi connectivity index (χ3n) is 6.04. The maximum atomic E-state index is 12.6. The molecule has 1 atom stereocenters. The van der Waals surface area contributed by atoms with Crippen molar-refractivity contribution in [2.75, 3.05) is 38.2 Å². The molecule has 0 aliphatic carbocycles. The average Bonchev–Trinajstić information content (AvgIpc) is 3.18. The first kappa shape index (κ1) is 20.4. The topological polar surface area (TPSA) is 59.1 Å². The number of carbonyl (C=O) groups is 2. The Balaban J connectivity index is 1.23. The Morgan fingerprint density at radius 1 is 1.07 bits per heavy atom. The molecule has 2 saturated heterocycles. The van der Waals surface area contributed by atoms with Gasteiger partial charge in [0.15, 0.2) is 5.78 Å². The Morgan fingerprint density at radius 3 is 2.43 bits per heavy atom. The molecule has 2 aliphatic heterocycles. The van der Waals surface area contributed by atoms with Crippen LogP contribution < -0.4 is 9.64 Å². The number of rotatable bonds is 7. The normalized spacial score (nSPS) is 20.2. The number of anilines is 1. The molecule has 1 amide bonds. The lowest BCUT2D eigenvalue weighted by Crippen LogP contribution is -2.38. The number of likely N-dealkylation sites (tertiary alicyclic amines) is 1. The van der Waals surface area contributed by atoms with Gasteiger partial charge in [0.25, 0.3) is 0 Å². The Bertz CT molecular complexity index is 861.